The second kappa shape index (κ2) is 7.31. The molecule has 0 aromatic carbocycles. The van der Waals surface area contributed by atoms with Gasteiger partial charge in [-0.25, -0.2) is 0 Å². The normalized spacial score (nSPS) is 32.4. The molecule has 5 heteroatoms. The Balaban J connectivity index is 0.00000162. The first kappa shape index (κ1) is 15.7. The molecule has 2 N–H and O–H groups in total. The predicted molar refractivity (Wildman–Crippen MR) is 74.1 cm³/mol. The first-order valence-electron chi connectivity index (χ1n) is 6.80. The second-order valence-corrected chi connectivity index (χ2v) is 5.66. The third-order valence-electron chi connectivity index (χ3n) is 3.85. The number of hydrogen-bond acceptors (Lipinski definition) is 3. The minimum atomic E-state index is -0.205. The van der Waals surface area contributed by atoms with Gasteiger partial charge >= 0.3 is 0 Å². The third kappa shape index (κ3) is 4.41. The van der Waals surface area contributed by atoms with Gasteiger partial charge in [-0.3, -0.25) is 4.79 Å². The molecule has 106 valence electrons. The van der Waals surface area contributed by atoms with Crippen molar-refractivity contribution < 1.29 is 9.53 Å². The van der Waals surface area contributed by atoms with Crippen molar-refractivity contribution >= 4 is 18.3 Å². The molecule has 2 aliphatic rings. The minimum absolute atomic E-state index is 0. The number of ether oxygens (including phenoxy) is 1. The van der Waals surface area contributed by atoms with E-state index in [0.29, 0.717) is 0 Å². The Hall–Kier alpha value is -0.320. The monoisotopic (exact) mass is 276 g/mol. The van der Waals surface area contributed by atoms with Gasteiger partial charge in [0.1, 0.15) is 6.10 Å². The zero-order valence-corrected chi connectivity index (χ0v) is 12.0. The van der Waals surface area contributed by atoms with Crippen LogP contribution in [0.4, 0.5) is 0 Å². The molecule has 4 nitrogen and oxygen atoms in total. The van der Waals surface area contributed by atoms with Crippen LogP contribution >= 0.6 is 12.4 Å². The van der Waals surface area contributed by atoms with Gasteiger partial charge in [-0.15, -0.1) is 12.4 Å². The number of nitrogens with one attached hydrogen (secondary N) is 2. The Bertz CT molecular complexity index is 262. The molecule has 0 spiro atoms. The molecule has 0 aromatic heterocycles. The van der Waals surface area contributed by atoms with Gasteiger partial charge in [0.25, 0.3) is 0 Å². The van der Waals surface area contributed by atoms with Crippen LogP contribution < -0.4 is 10.6 Å². The van der Waals surface area contributed by atoms with Crippen molar-refractivity contribution in [3.8, 4) is 0 Å². The van der Waals surface area contributed by atoms with Crippen molar-refractivity contribution in [3.63, 3.8) is 0 Å². The van der Waals surface area contributed by atoms with E-state index in [0.717, 1.165) is 45.5 Å². The Morgan fingerprint density at radius 3 is 2.89 bits per heavy atom. The SMILES string of the molecule is CC1(CNC(=O)C2CCCCO2)CCCNC1.Cl. The molecule has 0 saturated carbocycles. The number of halogens is 1. The van der Waals surface area contributed by atoms with Gasteiger partial charge < -0.3 is 15.4 Å². The predicted octanol–water partition coefficient (Wildman–Crippen LogP) is 1.48. The van der Waals surface area contributed by atoms with Crippen LogP contribution in [0.1, 0.15) is 39.0 Å². The molecule has 2 rings (SSSR count). The van der Waals surface area contributed by atoms with Crippen molar-refractivity contribution in [2.24, 2.45) is 5.41 Å². The average Bonchev–Trinajstić information content (AvgIpc) is 2.38. The van der Waals surface area contributed by atoms with E-state index in [1.807, 2.05) is 0 Å². The molecule has 2 aliphatic heterocycles. The van der Waals surface area contributed by atoms with Gasteiger partial charge in [0.15, 0.2) is 0 Å². The van der Waals surface area contributed by atoms with Gasteiger partial charge in [-0.1, -0.05) is 6.92 Å². The number of hydrogen-bond donors (Lipinski definition) is 2. The zero-order valence-electron chi connectivity index (χ0n) is 11.2. The maximum Gasteiger partial charge on any atom is 0.249 e. The van der Waals surface area contributed by atoms with Gasteiger partial charge in [0, 0.05) is 19.7 Å². The number of amides is 1. The van der Waals surface area contributed by atoms with Crippen LogP contribution in [-0.4, -0.2) is 38.3 Å². The lowest BCUT2D eigenvalue weighted by Crippen LogP contribution is -2.48. The highest BCUT2D eigenvalue weighted by Gasteiger charge is 2.29. The molecule has 18 heavy (non-hydrogen) atoms. The van der Waals surface area contributed by atoms with Crippen LogP contribution in [0.3, 0.4) is 0 Å². The van der Waals surface area contributed by atoms with E-state index >= 15 is 0 Å². The summed E-state index contributed by atoms with van der Waals surface area (Å²) in [7, 11) is 0. The molecule has 0 aromatic rings. The van der Waals surface area contributed by atoms with Crippen LogP contribution in [0.15, 0.2) is 0 Å². The molecule has 2 fully saturated rings. The fraction of sp³-hybridized carbons (Fsp3) is 0.923. The molecule has 1 amide bonds. The first-order chi connectivity index (χ1) is 8.20. The van der Waals surface area contributed by atoms with E-state index in [1.165, 1.54) is 12.8 Å². The number of piperidine rings is 1. The van der Waals surface area contributed by atoms with Crippen molar-refractivity contribution in [1.82, 2.24) is 10.6 Å². The topological polar surface area (TPSA) is 50.4 Å². The molecule has 2 saturated heterocycles. The number of rotatable bonds is 3. The van der Waals surface area contributed by atoms with E-state index in [9.17, 15) is 4.79 Å². The summed E-state index contributed by atoms with van der Waals surface area (Å²) < 4.78 is 5.48. The smallest absolute Gasteiger partial charge is 0.249 e. The maximum absolute atomic E-state index is 11.9. The highest BCUT2D eigenvalue weighted by atomic mass is 35.5. The van der Waals surface area contributed by atoms with Crippen LogP contribution in [0.25, 0.3) is 0 Å². The quantitative estimate of drug-likeness (QED) is 0.821. The fourth-order valence-corrected chi connectivity index (χ4v) is 2.63. The van der Waals surface area contributed by atoms with Gasteiger partial charge in [-0.05, 0) is 44.1 Å². The Morgan fingerprint density at radius 1 is 1.44 bits per heavy atom. The summed E-state index contributed by atoms with van der Waals surface area (Å²) in [6.45, 7) is 5.84. The summed E-state index contributed by atoms with van der Waals surface area (Å²) in [6.07, 6.45) is 5.25. The van der Waals surface area contributed by atoms with Crippen LogP contribution in [0, 0.1) is 5.41 Å². The van der Waals surface area contributed by atoms with Gasteiger partial charge in [0.2, 0.25) is 5.91 Å². The lowest BCUT2D eigenvalue weighted by molar-refractivity contribution is -0.136. The fourth-order valence-electron chi connectivity index (χ4n) is 2.63. The van der Waals surface area contributed by atoms with Gasteiger partial charge in [0.05, 0.1) is 0 Å². The van der Waals surface area contributed by atoms with Crippen molar-refractivity contribution in [2.75, 3.05) is 26.2 Å². The lowest BCUT2D eigenvalue weighted by Gasteiger charge is -2.34. The standard InChI is InChI=1S/C13H24N2O2.ClH/c1-13(6-4-7-14-9-13)10-15-12(16)11-5-2-3-8-17-11;/h11,14H,2-10H2,1H3,(H,15,16);1H. The number of carbonyl (C=O) groups excluding carboxylic acids is 1. The van der Waals surface area contributed by atoms with E-state index < -0.39 is 0 Å². The lowest BCUT2D eigenvalue weighted by atomic mass is 9.83. The number of carbonyl (C=O) groups is 1. The molecule has 2 unspecified atom stereocenters. The Labute approximate surface area is 116 Å². The van der Waals surface area contributed by atoms with E-state index in [4.69, 9.17) is 4.74 Å². The summed E-state index contributed by atoms with van der Waals surface area (Å²) in [5.41, 5.74) is 0.211. The second-order valence-electron chi connectivity index (χ2n) is 5.66. The molecular weight excluding hydrogens is 252 g/mol. The highest BCUT2D eigenvalue weighted by Crippen LogP contribution is 2.24. The molecule has 0 bridgehead atoms. The summed E-state index contributed by atoms with van der Waals surface area (Å²) in [5.74, 6) is 0.0801. The van der Waals surface area contributed by atoms with Crippen LogP contribution in [0.2, 0.25) is 0 Å². The Morgan fingerprint density at radius 2 is 2.28 bits per heavy atom. The summed E-state index contributed by atoms with van der Waals surface area (Å²) >= 11 is 0. The molecular formula is C13H25ClN2O2. The zero-order chi connectivity index (χ0) is 12.1. The maximum atomic E-state index is 11.9. The van der Waals surface area contributed by atoms with E-state index in [-0.39, 0.29) is 29.8 Å². The third-order valence-corrected chi connectivity index (χ3v) is 3.85. The van der Waals surface area contributed by atoms with E-state index in [1.54, 1.807) is 0 Å². The summed E-state index contributed by atoms with van der Waals surface area (Å²) in [4.78, 5) is 11.9. The molecule has 0 radical (unpaired) electrons. The van der Waals surface area contributed by atoms with E-state index in [2.05, 4.69) is 17.6 Å². The highest BCUT2D eigenvalue weighted by molar-refractivity contribution is 5.85. The summed E-state index contributed by atoms with van der Waals surface area (Å²) in [5, 5.41) is 6.45. The first-order valence-corrected chi connectivity index (χ1v) is 6.80. The largest absolute Gasteiger partial charge is 0.368 e. The molecule has 2 heterocycles. The van der Waals surface area contributed by atoms with Crippen LogP contribution in [0.5, 0.6) is 0 Å². The minimum Gasteiger partial charge on any atom is -0.368 e. The Kier molecular flexibility index (Phi) is 6.39. The summed E-state index contributed by atoms with van der Waals surface area (Å²) in [6, 6.07) is 0. The molecule has 0 aliphatic carbocycles. The van der Waals surface area contributed by atoms with Crippen molar-refractivity contribution in [1.29, 1.82) is 0 Å². The van der Waals surface area contributed by atoms with Crippen molar-refractivity contribution in [3.05, 3.63) is 0 Å². The average molecular weight is 277 g/mol. The van der Waals surface area contributed by atoms with Gasteiger partial charge in [-0.2, -0.15) is 0 Å². The van der Waals surface area contributed by atoms with Crippen molar-refractivity contribution in [2.45, 2.75) is 45.1 Å². The van der Waals surface area contributed by atoms with Crippen LogP contribution in [-0.2, 0) is 9.53 Å². The molecule has 2 atom stereocenters.